The highest BCUT2D eigenvalue weighted by atomic mass is 79.9. The van der Waals surface area contributed by atoms with E-state index in [0.717, 1.165) is 10.0 Å². The molecule has 0 fully saturated rings. The molecule has 1 atom stereocenters. The van der Waals surface area contributed by atoms with Crippen molar-refractivity contribution in [3.63, 3.8) is 0 Å². The van der Waals surface area contributed by atoms with Crippen molar-refractivity contribution in [2.24, 2.45) is 0 Å². The maximum Gasteiger partial charge on any atom is 0.320 e. The molecular weight excluding hydrogens is 336 g/mol. The van der Waals surface area contributed by atoms with Gasteiger partial charge in [-0.25, -0.2) is 4.79 Å². The van der Waals surface area contributed by atoms with E-state index in [0.29, 0.717) is 13.1 Å². The molecular formula is C15H21BrN2O3. The van der Waals surface area contributed by atoms with Gasteiger partial charge in [-0.1, -0.05) is 28.1 Å². The van der Waals surface area contributed by atoms with E-state index < -0.39 is 5.97 Å². The van der Waals surface area contributed by atoms with E-state index in [2.05, 4.69) is 15.9 Å². The molecule has 0 bridgehead atoms. The van der Waals surface area contributed by atoms with Gasteiger partial charge in [-0.15, -0.1) is 0 Å². The predicted octanol–water partition coefficient (Wildman–Crippen LogP) is 3.19. The van der Waals surface area contributed by atoms with Gasteiger partial charge in [0.15, 0.2) is 0 Å². The number of benzene rings is 1. The number of aliphatic carboxylic acids is 1. The van der Waals surface area contributed by atoms with Gasteiger partial charge in [0.1, 0.15) is 0 Å². The van der Waals surface area contributed by atoms with Crippen molar-refractivity contribution in [1.29, 1.82) is 0 Å². The molecule has 21 heavy (non-hydrogen) atoms. The van der Waals surface area contributed by atoms with Crippen LogP contribution in [0.3, 0.4) is 0 Å². The highest BCUT2D eigenvalue weighted by molar-refractivity contribution is 9.10. The Morgan fingerprint density at radius 3 is 2.33 bits per heavy atom. The predicted molar refractivity (Wildman–Crippen MR) is 85.1 cm³/mol. The summed E-state index contributed by atoms with van der Waals surface area (Å²) in [7, 11) is 1.72. The molecule has 1 unspecified atom stereocenters. The molecule has 0 saturated carbocycles. The number of urea groups is 1. The third-order valence-corrected chi connectivity index (χ3v) is 3.78. The first-order chi connectivity index (χ1) is 9.85. The minimum absolute atomic E-state index is 0.0499. The largest absolute Gasteiger partial charge is 0.481 e. The molecule has 0 spiro atoms. The molecule has 0 aliphatic heterocycles. The zero-order valence-electron chi connectivity index (χ0n) is 12.5. The fraction of sp³-hybridized carbons (Fsp3) is 0.467. The second-order valence-electron chi connectivity index (χ2n) is 5.00. The van der Waals surface area contributed by atoms with Crippen LogP contribution in [0.2, 0.25) is 0 Å². The van der Waals surface area contributed by atoms with E-state index in [1.807, 2.05) is 31.2 Å². The van der Waals surface area contributed by atoms with E-state index >= 15 is 0 Å². The van der Waals surface area contributed by atoms with Crippen molar-refractivity contribution in [3.05, 3.63) is 34.3 Å². The molecule has 1 rings (SSSR count). The van der Waals surface area contributed by atoms with Crippen molar-refractivity contribution in [2.75, 3.05) is 13.6 Å². The van der Waals surface area contributed by atoms with E-state index in [-0.39, 0.29) is 18.5 Å². The molecule has 0 saturated heterocycles. The highest BCUT2D eigenvalue weighted by Crippen LogP contribution is 2.13. The van der Waals surface area contributed by atoms with E-state index in [1.165, 1.54) is 0 Å². The average Bonchev–Trinajstić information content (AvgIpc) is 2.41. The van der Waals surface area contributed by atoms with Gasteiger partial charge in [-0.3, -0.25) is 4.79 Å². The summed E-state index contributed by atoms with van der Waals surface area (Å²) in [4.78, 5) is 26.4. The topological polar surface area (TPSA) is 60.9 Å². The lowest BCUT2D eigenvalue weighted by molar-refractivity contribution is -0.138. The quantitative estimate of drug-likeness (QED) is 0.851. The minimum Gasteiger partial charge on any atom is -0.481 e. The Bertz CT molecular complexity index is 490. The Balaban J connectivity index is 2.70. The molecule has 0 heterocycles. The summed E-state index contributed by atoms with van der Waals surface area (Å²) < 4.78 is 0.991. The van der Waals surface area contributed by atoms with Gasteiger partial charge in [0.25, 0.3) is 0 Å². The molecule has 1 N–H and O–H groups in total. The lowest BCUT2D eigenvalue weighted by Crippen LogP contribution is -2.46. The van der Waals surface area contributed by atoms with Crippen molar-refractivity contribution >= 4 is 27.9 Å². The molecule has 1 aromatic carbocycles. The number of amides is 2. The molecule has 0 aliphatic rings. The Morgan fingerprint density at radius 1 is 1.29 bits per heavy atom. The fourth-order valence-corrected chi connectivity index (χ4v) is 2.41. The molecule has 0 aliphatic carbocycles. The first-order valence-electron chi connectivity index (χ1n) is 6.83. The van der Waals surface area contributed by atoms with E-state index in [4.69, 9.17) is 5.11 Å². The second-order valence-corrected chi connectivity index (χ2v) is 5.91. The maximum atomic E-state index is 12.4. The SMILES string of the molecule is CCN(C(=O)N(C)Cc1ccc(Br)cc1)C(C)CC(=O)O. The number of carbonyl (C=O) groups is 2. The molecule has 1 aromatic rings. The minimum atomic E-state index is -0.899. The third kappa shape index (κ3) is 5.38. The lowest BCUT2D eigenvalue weighted by atomic mass is 10.2. The molecule has 0 radical (unpaired) electrons. The fourth-order valence-electron chi connectivity index (χ4n) is 2.15. The van der Waals surface area contributed by atoms with Crippen LogP contribution in [0.25, 0.3) is 0 Å². The lowest BCUT2D eigenvalue weighted by Gasteiger charge is -2.31. The number of hydrogen-bond donors (Lipinski definition) is 1. The van der Waals surface area contributed by atoms with Gasteiger partial charge in [0, 0.05) is 30.7 Å². The Morgan fingerprint density at radius 2 is 1.86 bits per heavy atom. The van der Waals surface area contributed by atoms with Crippen LogP contribution < -0.4 is 0 Å². The molecule has 6 heteroatoms. The zero-order chi connectivity index (χ0) is 16.0. The van der Waals surface area contributed by atoms with Crippen LogP contribution in [0.4, 0.5) is 4.79 Å². The number of hydrogen-bond acceptors (Lipinski definition) is 2. The molecule has 5 nitrogen and oxygen atoms in total. The third-order valence-electron chi connectivity index (χ3n) is 3.25. The monoisotopic (exact) mass is 356 g/mol. The molecule has 116 valence electrons. The average molecular weight is 357 g/mol. The highest BCUT2D eigenvalue weighted by Gasteiger charge is 2.23. The van der Waals surface area contributed by atoms with Crippen LogP contribution >= 0.6 is 15.9 Å². The normalized spacial score (nSPS) is 11.8. The van der Waals surface area contributed by atoms with Crippen molar-refractivity contribution in [3.8, 4) is 0 Å². The number of carboxylic acid groups (broad SMARTS) is 1. The summed E-state index contributed by atoms with van der Waals surface area (Å²) in [6.07, 6.45) is -0.0499. The second kappa shape index (κ2) is 8.02. The van der Waals surface area contributed by atoms with Crippen LogP contribution in [-0.4, -0.2) is 46.5 Å². The van der Waals surface area contributed by atoms with Crippen LogP contribution in [-0.2, 0) is 11.3 Å². The van der Waals surface area contributed by atoms with Crippen LogP contribution in [0.5, 0.6) is 0 Å². The van der Waals surface area contributed by atoms with Crippen molar-refractivity contribution < 1.29 is 14.7 Å². The summed E-state index contributed by atoms with van der Waals surface area (Å²) in [6, 6.07) is 7.27. The van der Waals surface area contributed by atoms with Gasteiger partial charge < -0.3 is 14.9 Å². The number of halogens is 1. The first-order valence-corrected chi connectivity index (χ1v) is 7.62. The van der Waals surface area contributed by atoms with E-state index in [9.17, 15) is 9.59 Å². The number of rotatable bonds is 6. The van der Waals surface area contributed by atoms with Crippen LogP contribution in [0.1, 0.15) is 25.8 Å². The summed E-state index contributed by atoms with van der Waals surface area (Å²) in [6.45, 7) is 4.58. The van der Waals surface area contributed by atoms with Gasteiger partial charge >= 0.3 is 12.0 Å². The smallest absolute Gasteiger partial charge is 0.320 e. The number of nitrogens with zero attached hydrogens (tertiary/aromatic N) is 2. The molecule has 0 aromatic heterocycles. The van der Waals surface area contributed by atoms with Crippen molar-refractivity contribution in [1.82, 2.24) is 9.80 Å². The number of carbonyl (C=O) groups excluding carboxylic acids is 1. The Labute approximate surface area is 133 Å². The molecule has 2 amide bonds. The maximum absolute atomic E-state index is 12.4. The van der Waals surface area contributed by atoms with Gasteiger partial charge in [0.05, 0.1) is 6.42 Å². The van der Waals surface area contributed by atoms with Gasteiger partial charge in [0.2, 0.25) is 0 Å². The Kier molecular flexibility index (Phi) is 6.68. The number of carboxylic acids is 1. The summed E-state index contributed by atoms with van der Waals surface area (Å²) >= 11 is 3.37. The van der Waals surface area contributed by atoms with E-state index in [1.54, 1.807) is 23.8 Å². The standard InChI is InChI=1S/C15H21BrN2O3/c1-4-18(11(2)9-14(19)20)15(21)17(3)10-12-5-7-13(16)8-6-12/h5-8,11H,4,9-10H2,1-3H3,(H,19,20). The van der Waals surface area contributed by atoms with Gasteiger partial charge in [-0.2, -0.15) is 0 Å². The Hall–Kier alpha value is -1.56. The summed E-state index contributed by atoms with van der Waals surface area (Å²) in [5.74, 6) is -0.899. The first kappa shape index (κ1) is 17.5. The summed E-state index contributed by atoms with van der Waals surface area (Å²) in [5, 5.41) is 8.85. The zero-order valence-corrected chi connectivity index (χ0v) is 14.1. The van der Waals surface area contributed by atoms with Gasteiger partial charge in [-0.05, 0) is 31.5 Å². The van der Waals surface area contributed by atoms with Crippen LogP contribution in [0, 0.1) is 0 Å². The summed E-state index contributed by atoms with van der Waals surface area (Å²) in [5.41, 5.74) is 1.02. The van der Waals surface area contributed by atoms with Crippen LogP contribution in [0.15, 0.2) is 28.7 Å². The van der Waals surface area contributed by atoms with Crippen molar-refractivity contribution in [2.45, 2.75) is 32.9 Å².